The third kappa shape index (κ3) is 6.33. The number of nitrogens with zero attached hydrogens (tertiary/aromatic N) is 7. The summed E-state index contributed by atoms with van der Waals surface area (Å²) in [5, 5.41) is 35.6. The summed E-state index contributed by atoms with van der Waals surface area (Å²) in [7, 11) is -2.98. The zero-order valence-electron chi connectivity index (χ0n) is 29.3. The van der Waals surface area contributed by atoms with E-state index in [4.69, 9.17) is 4.74 Å². The maximum Gasteiger partial charge on any atom is 0.269 e. The van der Waals surface area contributed by atoms with Gasteiger partial charge in [0.1, 0.15) is 0 Å². The minimum atomic E-state index is -2.98. The van der Waals surface area contributed by atoms with Crippen LogP contribution in [0.5, 0.6) is 0 Å². The van der Waals surface area contributed by atoms with E-state index in [0.717, 1.165) is 16.8 Å². The molecule has 2 N–H and O–H groups in total. The van der Waals surface area contributed by atoms with Gasteiger partial charge in [-0.2, -0.15) is 5.10 Å². The van der Waals surface area contributed by atoms with Gasteiger partial charge in [0.25, 0.3) is 11.6 Å². The summed E-state index contributed by atoms with van der Waals surface area (Å²) in [5.74, 6) is -0.965. The fourth-order valence-corrected chi connectivity index (χ4v) is 10.7. The van der Waals surface area contributed by atoms with Crippen LogP contribution in [-0.2, 0) is 39.4 Å². The first-order valence-corrected chi connectivity index (χ1v) is 20.5. The molecule has 1 aromatic heterocycles. The van der Waals surface area contributed by atoms with Crippen molar-refractivity contribution in [2.24, 2.45) is 11.0 Å². The molecule has 3 aliphatic heterocycles. The van der Waals surface area contributed by atoms with Crippen LogP contribution in [0.25, 0.3) is 0 Å². The van der Waals surface area contributed by atoms with Gasteiger partial charge >= 0.3 is 0 Å². The topological polar surface area (TPSA) is 177 Å². The van der Waals surface area contributed by atoms with E-state index in [1.807, 2.05) is 62.5 Å². The van der Waals surface area contributed by atoms with Gasteiger partial charge in [-0.3, -0.25) is 24.4 Å². The second kappa shape index (κ2) is 13.8. The predicted molar refractivity (Wildman–Crippen MR) is 195 cm³/mol. The molecule has 0 radical (unpaired) electrons. The fraction of sp³-hybridized carbons (Fsp3) is 0.378. The summed E-state index contributed by atoms with van der Waals surface area (Å²) < 4.78 is 8.49. The van der Waals surface area contributed by atoms with Crippen LogP contribution in [0.3, 0.4) is 0 Å². The van der Waals surface area contributed by atoms with E-state index >= 15 is 0 Å². The Morgan fingerprint density at radius 2 is 1.81 bits per heavy atom. The molecule has 4 atom stereocenters. The number of anilines is 2. The van der Waals surface area contributed by atoms with Crippen LogP contribution >= 0.6 is 0 Å². The highest BCUT2D eigenvalue weighted by Crippen LogP contribution is 2.60. The second-order valence-corrected chi connectivity index (χ2v) is 18.2. The molecule has 3 aromatic carbocycles. The number of nitro groups is 1. The Hall–Kier alpha value is -5.09. The van der Waals surface area contributed by atoms with Crippen molar-refractivity contribution in [1.82, 2.24) is 15.0 Å². The van der Waals surface area contributed by atoms with E-state index < -0.39 is 30.9 Å². The summed E-state index contributed by atoms with van der Waals surface area (Å²) in [6, 6.07) is 21.4. The Morgan fingerprint density at radius 3 is 2.50 bits per heavy atom. The number of rotatable bonds is 11. The van der Waals surface area contributed by atoms with Crippen molar-refractivity contribution < 1.29 is 29.2 Å². The highest BCUT2D eigenvalue weighted by molar-refractivity contribution is 6.71. The third-order valence-electron chi connectivity index (χ3n) is 10.4. The Balaban J connectivity index is 1.19. The number of aryl methyl sites for hydroxylation is 1. The maximum atomic E-state index is 14.8. The van der Waals surface area contributed by atoms with E-state index in [1.54, 1.807) is 34.0 Å². The molecular weight excluding hydrogens is 683 g/mol. The molecule has 15 heteroatoms. The lowest BCUT2D eigenvalue weighted by atomic mass is 9.82. The molecular formula is C37H41N7O7Si. The van der Waals surface area contributed by atoms with Gasteiger partial charge in [0.15, 0.2) is 13.9 Å². The Bertz CT molecular complexity index is 2030. The van der Waals surface area contributed by atoms with Crippen molar-refractivity contribution in [3.8, 4) is 0 Å². The van der Waals surface area contributed by atoms with E-state index in [0.29, 0.717) is 54.9 Å². The fourth-order valence-electron chi connectivity index (χ4n) is 8.06. The largest absolute Gasteiger partial charge is 0.432 e. The van der Waals surface area contributed by atoms with Crippen molar-refractivity contribution in [1.29, 1.82) is 0 Å². The van der Waals surface area contributed by atoms with Crippen LogP contribution in [0.15, 0.2) is 84.1 Å². The average Bonchev–Trinajstić information content (AvgIpc) is 3.78. The quantitative estimate of drug-likeness (QED) is 0.126. The summed E-state index contributed by atoms with van der Waals surface area (Å²) >= 11 is 0. The van der Waals surface area contributed by atoms with Crippen molar-refractivity contribution in [3.63, 3.8) is 0 Å². The van der Waals surface area contributed by atoms with Gasteiger partial charge in [-0.05, 0) is 48.8 Å². The number of carbonyl (C=O) groups excluding carboxylic acids is 2. The molecule has 14 nitrogen and oxygen atoms in total. The Morgan fingerprint density at radius 1 is 1.06 bits per heavy atom. The van der Waals surface area contributed by atoms with Crippen molar-refractivity contribution >= 4 is 42.9 Å². The number of benzene rings is 3. The zero-order chi connectivity index (χ0) is 36.8. The van der Waals surface area contributed by atoms with Gasteiger partial charge in [-0.25, -0.2) is 5.01 Å². The molecule has 0 aliphatic carbocycles. The Labute approximate surface area is 301 Å². The number of hydrogen-bond acceptors (Lipinski definition) is 10. The second-order valence-electron chi connectivity index (χ2n) is 14.2. The number of aliphatic hydroxyl groups is 1. The Kier molecular flexibility index (Phi) is 9.37. The molecule has 0 unspecified atom stereocenters. The predicted octanol–water partition coefficient (Wildman–Crippen LogP) is 4.69. The lowest BCUT2D eigenvalue weighted by Gasteiger charge is -2.32. The number of amides is 2. The monoisotopic (exact) mass is 723 g/mol. The van der Waals surface area contributed by atoms with Gasteiger partial charge in [0.05, 0.1) is 40.4 Å². The first kappa shape index (κ1) is 35.3. The van der Waals surface area contributed by atoms with Crippen LogP contribution < -0.4 is 9.91 Å². The summed E-state index contributed by atoms with van der Waals surface area (Å²) in [6.45, 7) is 6.04. The molecule has 270 valence electrons. The molecule has 3 aliphatic rings. The molecule has 7 rings (SSSR count). The molecule has 0 bridgehead atoms. The van der Waals surface area contributed by atoms with Crippen LogP contribution in [0, 0.1) is 16.0 Å². The zero-order valence-corrected chi connectivity index (χ0v) is 30.3. The van der Waals surface area contributed by atoms with E-state index in [9.17, 15) is 29.6 Å². The minimum absolute atomic E-state index is 0.0482. The van der Waals surface area contributed by atoms with Crippen molar-refractivity contribution in [2.45, 2.75) is 76.0 Å². The standard InChI is InChI=1S/C37H41N7O7Si/c1-24-35(52(2,3)50)33(17-19-41-23-27(18-20-45)38-40-41)51-37(24)30-21-29(44(48)49)13-15-32(30)42(36(37)47)22-25-9-11-28(12-10-25)43-34(46)16-14-31(39-43)26-7-5-4-6-8-26/h4-13,15,21,23-24,33,35,45,50H,14,16-20,22H2,1-3H3/t24-,33+,35-,37+/m0/s1. The van der Waals surface area contributed by atoms with E-state index in [-0.39, 0.29) is 36.2 Å². The highest BCUT2D eigenvalue weighted by Gasteiger charge is 2.66. The van der Waals surface area contributed by atoms with Gasteiger partial charge in [0, 0.05) is 67.8 Å². The minimum Gasteiger partial charge on any atom is -0.432 e. The number of fused-ring (bicyclic) bond motifs is 2. The molecule has 52 heavy (non-hydrogen) atoms. The van der Waals surface area contributed by atoms with Gasteiger partial charge in [-0.15, -0.1) is 5.10 Å². The maximum absolute atomic E-state index is 14.8. The number of aliphatic hydroxyl groups excluding tert-OH is 1. The van der Waals surface area contributed by atoms with Crippen LogP contribution in [0.4, 0.5) is 17.1 Å². The molecule has 4 aromatic rings. The molecule has 1 fully saturated rings. The van der Waals surface area contributed by atoms with Crippen molar-refractivity contribution in [3.05, 3.63) is 111 Å². The summed E-state index contributed by atoms with van der Waals surface area (Å²) in [6.07, 6.45) is 2.88. The number of ether oxygens (including phenoxy) is 1. The van der Waals surface area contributed by atoms with E-state index in [1.165, 1.54) is 17.1 Å². The van der Waals surface area contributed by atoms with Crippen LogP contribution in [0.2, 0.25) is 18.6 Å². The number of hydrazone groups is 1. The van der Waals surface area contributed by atoms with Crippen LogP contribution in [-0.4, -0.2) is 68.4 Å². The highest BCUT2D eigenvalue weighted by atomic mass is 28.4. The van der Waals surface area contributed by atoms with Gasteiger partial charge in [0.2, 0.25) is 5.91 Å². The summed E-state index contributed by atoms with van der Waals surface area (Å²) in [4.78, 5) is 52.5. The number of aromatic nitrogens is 3. The number of carbonyl (C=O) groups is 2. The lowest BCUT2D eigenvalue weighted by Crippen LogP contribution is -2.46. The number of nitro benzene ring substituents is 1. The average molecular weight is 724 g/mol. The smallest absolute Gasteiger partial charge is 0.269 e. The molecule has 1 spiro atoms. The van der Waals surface area contributed by atoms with Gasteiger partial charge < -0.3 is 19.5 Å². The molecule has 4 heterocycles. The third-order valence-corrected chi connectivity index (χ3v) is 12.9. The number of hydrogen-bond donors (Lipinski definition) is 2. The lowest BCUT2D eigenvalue weighted by molar-refractivity contribution is -0.385. The van der Waals surface area contributed by atoms with Gasteiger partial charge in [-0.1, -0.05) is 54.6 Å². The normalized spacial score (nSPS) is 23.0. The SMILES string of the molecule is C[C@H]1[C@H]([Si](C)(C)O)[C@@H](CCn2cc(CCO)nn2)O[C@]12C(=O)N(Cc1ccc(N3N=C(c4ccccc4)CCC3=O)cc1)c1ccc([N+](=O)[O-])cc12. The first-order valence-electron chi connectivity index (χ1n) is 17.5. The molecule has 2 amide bonds. The van der Waals surface area contributed by atoms with E-state index in [2.05, 4.69) is 15.4 Å². The van der Waals surface area contributed by atoms with Crippen LogP contribution in [0.1, 0.15) is 48.6 Å². The molecule has 0 saturated carbocycles. The first-order chi connectivity index (χ1) is 24.9. The van der Waals surface area contributed by atoms with Crippen molar-refractivity contribution in [2.75, 3.05) is 16.5 Å². The molecule has 1 saturated heterocycles. The summed E-state index contributed by atoms with van der Waals surface area (Å²) in [5.41, 5.74) is 2.64. The number of non-ortho nitro benzene ring substituents is 1.